The monoisotopic (exact) mass is 252 g/mol. The van der Waals surface area contributed by atoms with Crippen molar-refractivity contribution in [3.05, 3.63) is 22.6 Å². The molecule has 5 nitrogen and oxygen atoms in total. The standard InChI is InChI=1S/C13H20N2O3/c1-7(2)15-11(16)6-14-13(17)12-8(3)9(4)18-10(12)5/h7H,6H2,1-5H3,(H,14,17)(H,15,16). The highest BCUT2D eigenvalue weighted by molar-refractivity contribution is 5.98. The van der Waals surface area contributed by atoms with Gasteiger partial charge in [-0.1, -0.05) is 0 Å². The molecule has 0 atom stereocenters. The van der Waals surface area contributed by atoms with E-state index in [2.05, 4.69) is 10.6 Å². The van der Waals surface area contributed by atoms with Crippen molar-refractivity contribution in [3.8, 4) is 0 Å². The summed E-state index contributed by atoms with van der Waals surface area (Å²) in [5.41, 5.74) is 1.33. The average molecular weight is 252 g/mol. The molecule has 5 heteroatoms. The van der Waals surface area contributed by atoms with Gasteiger partial charge in [0.25, 0.3) is 5.91 Å². The molecule has 0 bridgehead atoms. The predicted molar refractivity (Wildman–Crippen MR) is 68.5 cm³/mol. The minimum Gasteiger partial charge on any atom is -0.466 e. The topological polar surface area (TPSA) is 71.3 Å². The number of amides is 2. The van der Waals surface area contributed by atoms with Crippen LogP contribution >= 0.6 is 0 Å². The van der Waals surface area contributed by atoms with Crippen LogP contribution in [0.1, 0.15) is 41.3 Å². The van der Waals surface area contributed by atoms with E-state index in [4.69, 9.17) is 4.42 Å². The average Bonchev–Trinajstić information content (AvgIpc) is 2.49. The van der Waals surface area contributed by atoms with Gasteiger partial charge in [-0.3, -0.25) is 9.59 Å². The van der Waals surface area contributed by atoms with Gasteiger partial charge in [0, 0.05) is 11.6 Å². The summed E-state index contributed by atoms with van der Waals surface area (Å²) in [6.45, 7) is 9.09. The third-order valence-electron chi connectivity index (χ3n) is 2.65. The smallest absolute Gasteiger partial charge is 0.255 e. The highest BCUT2D eigenvalue weighted by Gasteiger charge is 2.18. The van der Waals surface area contributed by atoms with Crippen molar-refractivity contribution in [2.45, 2.75) is 40.7 Å². The highest BCUT2D eigenvalue weighted by atomic mass is 16.3. The second-order valence-electron chi connectivity index (χ2n) is 4.62. The summed E-state index contributed by atoms with van der Waals surface area (Å²) in [7, 11) is 0. The van der Waals surface area contributed by atoms with Crippen molar-refractivity contribution in [2.24, 2.45) is 0 Å². The van der Waals surface area contributed by atoms with Gasteiger partial charge in [-0.05, 0) is 34.6 Å². The molecule has 0 aliphatic heterocycles. The lowest BCUT2D eigenvalue weighted by Crippen LogP contribution is -2.40. The summed E-state index contributed by atoms with van der Waals surface area (Å²) in [5, 5.41) is 5.30. The largest absolute Gasteiger partial charge is 0.466 e. The summed E-state index contributed by atoms with van der Waals surface area (Å²) in [5.74, 6) is 0.825. The van der Waals surface area contributed by atoms with Crippen molar-refractivity contribution < 1.29 is 14.0 Å². The number of rotatable bonds is 4. The Morgan fingerprint density at radius 1 is 1.17 bits per heavy atom. The Labute approximate surface area is 107 Å². The lowest BCUT2D eigenvalue weighted by atomic mass is 10.1. The van der Waals surface area contributed by atoms with Gasteiger partial charge in [0.15, 0.2) is 0 Å². The van der Waals surface area contributed by atoms with Crippen LogP contribution in [-0.4, -0.2) is 24.4 Å². The summed E-state index contributed by atoms with van der Waals surface area (Å²) in [4.78, 5) is 23.4. The van der Waals surface area contributed by atoms with E-state index >= 15 is 0 Å². The Morgan fingerprint density at radius 3 is 2.22 bits per heavy atom. The molecule has 0 aromatic carbocycles. The first-order chi connectivity index (χ1) is 8.32. The Bertz CT molecular complexity index is 461. The van der Waals surface area contributed by atoms with E-state index in [-0.39, 0.29) is 24.4 Å². The van der Waals surface area contributed by atoms with E-state index < -0.39 is 0 Å². The van der Waals surface area contributed by atoms with E-state index in [1.165, 1.54) is 0 Å². The molecule has 0 fully saturated rings. The van der Waals surface area contributed by atoms with Crippen LogP contribution in [0, 0.1) is 20.8 Å². The van der Waals surface area contributed by atoms with Gasteiger partial charge >= 0.3 is 0 Å². The molecule has 0 aliphatic rings. The zero-order chi connectivity index (χ0) is 13.9. The number of hydrogen-bond donors (Lipinski definition) is 2. The molecule has 0 unspecified atom stereocenters. The Morgan fingerprint density at radius 2 is 1.78 bits per heavy atom. The van der Waals surface area contributed by atoms with Crippen molar-refractivity contribution in [1.29, 1.82) is 0 Å². The molecule has 100 valence electrons. The van der Waals surface area contributed by atoms with Crippen LogP contribution in [0.5, 0.6) is 0 Å². The molecule has 0 aliphatic carbocycles. The van der Waals surface area contributed by atoms with Crippen molar-refractivity contribution >= 4 is 11.8 Å². The second-order valence-corrected chi connectivity index (χ2v) is 4.62. The van der Waals surface area contributed by atoms with Crippen molar-refractivity contribution in [2.75, 3.05) is 6.54 Å². The van der Waals surface area contributed by atoms with Gasteiger partial charge in [0.05, 0.1) is 12.1 Å². The summed E-state index contributed by atoms with van der Waals surface area (Å²) < 4.78 is 5.38. The van der Waals surface area contributed by atoms with Crippen LogP contribution in [0.4, 0.5) is 0 Å². The van der Waals surface area contributed by atoms with Crippen LogP contribution in [0.15, 0.2) is 4.42 Å². The van der Waals surface area contributed by atoms with Crippen molar-refractivity contribution in [3.63, 3.8) is 0 Å². The first-order valence-corrected chi connectivity index (χ1v) is 5.97. The molecule has 0 saturated heterocycles. The summed E-state index contributed by atoms with van der Waals surface area (Å²) >= 11 is 0. The minimum atomic E-state index is -0.277. The fourth-order valence-electron chi connectivity index (χ4n) is 1.75. The zero-order valence-electron chi connectivity index (χ0n) is 11.5. The molecule has 0 saturated carbocycles. The quantitative estimate of drug-likeness (QED) is 0.852. The Balaban J connectivity index is 2.64. The number of nitrogens with one attached hydrogen (secondary N) is 2. The van der Waals surface area contributed by atoms with Gasteiger partial charge in [-0.2, -0.15) is 0 Å². The molecule has 1 heterocycles. The zero-order valence-corrected chi connectivity index (χ0v) is 11.5. The van der Waals surface area contributed by atoms with Crippen LogP contribution in [-0.2, 0) is 4.79 Å². The van der Waals surface area contributed by atoms with Crippen molar-refractivity contribution in [1.82, 2.24) is 10.6 Å². The van der Waals surface area contributed by atoms with Crippen LogP contribution in [0.3, 0.4) is 0 Å². The second kappa shape index (κ2) is 5.71. The first kappa shape index (κ1) is 14.3. The molecule has 0 spiro atoms. The maximum atomic E-state index is 11.9. The van der Waals surface area contributed by atoms with Gasteiger partial charge in [0.1, 0.15) is 11.5 Å². The molecule has 0 radical (unpaired) electrons. The fourth-order valence-corrected chi connectivity index (χ4v) is 1.75. The molecular weight excluding hydrogens is 232 g/mol. The predicted octanol–water partition coefficient (Wildman–Crippen LogP) is 1.46. The van der Waals surface area contributed by atoms with E-state index in [9.17, 15) is 9.59 Å². The molecule has 1 aromatic rings. The third kappa shape index (κ3) is 3.35. The maximum Gasteiger partial charge on any atom is 0.255 e. The molecular formula is C13H20N2O3. The highest BCUT2D eigenvalue weighted by Crippen LogP contribution is 2.20. The van der Waals surface area contributed by atoms with Crippen LogP contribution < -0.4 is 10.6 Å². The lowest BCUT2D eigenvalue weighted by molar-refractivity contribution is -0.120. The normalized spacial score (nSPS) is 10.6. The summed E-state index contributed by atoms with van der Waals surface area (Å²) in [6.07, 6.45) is 0. The molecule has 1 rings (SSSR count). The van der Waals surface area contributed by atoms with E-state index in [1.807, 2.05) is 27.7 Å². The maximum absolute atomic E-state index is 11.9. The fraction of sp³-hybridized carbons (Fsp3) is 0.538. The van der Waals surface area contributed by atoms with Crippen LogP contribution in [0.2, 0.25) is 0 Å². The Hall–Kier alpha value is -1.78. The minimum absolute atomic E-state index is 0.0277. The SMILES string of the molecule is Cc1oc(C)c(C(=O)NCC(=O)NC(C)C)c1C. The molecule has 2 amide bonds. The third-order valence-corrected chi connectivity index (χ3v) is 2.65. The van der Waals surface area contributed by atoms with E-state index in [0.29, 0.717) is 11.3 Å². The van der Waals surface area contributed by atoms with Gasteiger partial charge in [-0.25, -0.2) is 0 Å². The molecule has 18 heavy (non-hydrogen) atoms. The lowest BCUT2D eigenvalue weighted by Gasteiger charge is -2.09. The summed E-state index contributed by atoms with van der Waals surface area (Å²) in [6, 6.07) is 0.0639. The number of hydrogen-bond acceptors (Lipinski definition) is 3. The molecule has 1 aromatic heterocycles. The molecule has 2 N–H and O–H groups in total. The number of aryl methyl sites for hydroxylation is 2. The van der Waals surface area contributed by atoms with E-state index in [0.717, 1.165) is 11.3 Å². The number of carbonyl (C=O) groups excluding carboxylic acids is 2. The van der Waals surface area contributed by atoms with Gasteiger partial charge in [0.2, 0.25) is 5.91 Å². The van der Waals surface area contributed by atoms with Crippen LogP contribution in [0.25, 0.3) is 0 Å². The Kier molecular flexibility index (Phi) is 4.53. The van der Waals surface area contributed by atoms with E-state index in [1.54, 1.807) is 6.92 Å². The van der Waals surface area contributed by atoms with Gasteiger partial charge < -0.3 is 15.1 Å². The number of carbonyl (C=O) groups is 2. The van der Waals surface area contributed by atoms with Gasteiger partial charge in [-0.15, -0.1) is 0 Å². The first-order valence-electron chi connectivity index (χ1n) is 5.97. The number of furan rings is 1.